The zero-order valence-electron chi connectivity index (χ0n) is 19.2. The van der Waals surface area contributed by atoms with E-state index in [1.807, 2.05) is 6.07 Å². The molecule has 0 aliphatic heterocycles. The maximum atomic E-state index is 14.1. The van der Waals surface area contributed by atoms with Crippen molar-refractivity contribution < 1.29 is 27.1 Å². The van der Waals surface area contributed by atoms with Gasteiger partial charge in [-0.1, -0.05) is 53.7 Å². The average Bonchev–Trinajstić information content (AvgIpc) is 3.29. The summed E-state index contributed by atoms with van der Waals surface area (Å²) in [5, 5.41) is 11.1. The largest absolute Gasteiger partial charge is 0.480 e. The smallest absolute Gasteiger partial charge is 0.416 e. The molecule has 192 valence electrons. The molecule has 6 nitrogen and oxygen atoms in total. The number of benzene rings is 3. The number of amides is 1. The van der Waals surface area contributed by atoms with Crippen molar-refractivity contribution in [1.29, 1.82) is 0 Å². The number of carbonyl (C=O) groups excluding carboxylic acids is 1. The molecular formula is C25H19ClF4N4O2S. The first-order valence-electron chi connectivity index (χ1n) is 10.8. The second-order valence-corrected chi connectivity index (χ2v) is 9.08. The van der Waals surface area contributed by atoms with E-state index in [2.05, 4.69) is 15.5 Å². The minimum absolute atomic E-state index is 0.0276. The number of hydrogen-bond acceptors (Lipinski definition) is 5. The Morgan fingerprint density at radius 2 is 1.78 bits per heavy atom. The van der Waals surface area contributed by atoms with Crippen molar-refractivity contribution in [2.45, 2.75) is 24.4 Å². The van der Waals surface area contributed by atoms with Crippen molar-refractivity contribution in [1.82, 2.24) is 14.8 Å². The number of nitrogens with zero attached hydrogens (tertiary/aromatic N) is 3. The van der Waals surface area contributed by atoms with Crippen LogP contribution in [0.4, 0.5) is 23.2 Å². The fourth-order valence-corrected chi connectivity index (χ4v) is 4.28. The highest BCUT2D eigenvalue weighted by Crippen LogP contribution is 2.34. The molecule has 0 aliphatic rings. The van der Waals surface area contributed by atoms with Crippen molar-refractivity contribution in [3.63, 3.8) is 0 Å². The third kappa shape index (κ3) is 6.41. The molecule has 0 saturated heterocycles. The lowest BCUT2D eigenvalue weighted by molar-refractivity contribution is -0.137. The van der Waals surface area contributed by atoms with Crippen LogP contribution in [0.25, 0.3) is 5.69 Å². The lowest BCUT2D eigenvalue weighted by Crippen LogP contribution is -2.16. The van der Waals surface area contributed by atoms with E-state index in [4.69, 9.17) is 16.3 Å². The highest BCUT2D eigenvalue weighted by Gasteiger charge is 2.31. The average molecular weight is 551 g/mol. The maximum absolute atomic E-state index is 14.1. The minimum Gasteiger partial charge on any atom is -0.480 e. The number of alkyl halides is 3. The van der Waals surface area contributed by atoms with Gasteiger partial charge < -0.3 is 10.1 Å². The summed E-state index contributed by atoms with van der Waals surface area (Å²) in [6.07, 6.45) is -5.29. The summed E-state index contributed by atoms with van der Waals surface area (Å²) in [5.74, 6) is -0.909. The highest BCUT2D eigenvalue weighted by atomic mass is 35.5. The van der Waals surface area contributed by atoms with Gasteiger partial charge in [-0.3, -0.25) is 9.36 Å². The molecule has 4 aromatic rings. The van der Waals surface area contributed by atoms with Crippen molar-refractivity contribution in [3.05, 3.63) is 95.0 Å². The molecule has 0 aliphatic carbocycles. The summed E-state index contributed by atoms with van der Waals surface area (Å²) in [6.45, 7) is 1.69. The van der Waals surface area contributed by atoms with E-state index in [0.29, 0.717) is 16.7 Å². The van der Waals surface area contributed by atoms with Gasteiger partial charge >= 0.3 is 6.18 Å². The summed E-state index contributed by atoms with van der Waals surface area (Å²) in [6, 6.07) is 17.7. The molecule has 1 N–H and O–H groups in total. The third-order valence-corrected chi connectivity index (χ3v) is 6.34. The van der Waals surface area contributed by atoms with Crippen LogP contribution >= 0.6 is 23.4 Å². The molecule has 37 heavy (non-hydrogen) atoms. The third-order valence-electron chi connectivity index (χ3n) is 5.08. The van der Waals surface area contributed by atoms with Crippen LogP contribution in [-0.4, -0.2) is 26.4 Å². The predicted molar refractivity (Wildman–Crippen MR) is 133 cm³/mol. The van der Waals surface area contributed by atoms with Gasteiger partial charge in [0.1, 0.15) is 0 Å². The van der Waals surface area contributed by atoms with Crippen LogP contribution < -0.4 is 10.1 Å². The molecule has 0 saturated carbocycles. The van der Waals surface area contributed by atoms with Gasteiger partial charge in [-0.2, -0.15) is 13.2 Å². The number of aromatic nitrogens is 3. The Morgan fingerprint density at radius 1 is 1.08 bits per heavy atom. The van der Waals surface area contributed by atoms with Crippen LogP contribution in [0.1, 0.15) is 24.4 Å². The van der Waals surface area contributed by atoms with E-state index in [1.54, 1.807) is 47.9 Å². The Kier molecular flexibility index (Phi) is 8.03. The van der Waals surface area contributed by atoms with Crippen LogP contribution in [0.5, 0.6) is 5.75 Å². The molecule has 0 spiro atoms. The van der Waals surface area contributed by atoms with Crippen molar-refractivity contribution in [2.24, 2.45) is 0 Å². The number of halogens is 5. The molecular weight excluding hydrogens is 532 g/mol. The fraction of sp³-hybridized carbons (Fsp3) is 0.160. The van der Waals surface area contributed by atoms with Gasteiger partial charge in [-0.15, -0.1) is 10.2 Å². The Balaban J connectivity index is 1.54. The second-order valence-electron chi connectivity index (χ2n) is 7.73. The number of thioether (sulfide) groups is 1. The molecule has 1 atom stereocenters. The van der Waals surface area contributed by atoms with E-state index in [0.717, 1.165) is 30.0 Å². The number of anilines is 1. The van der Waals surface area contributed by atoms with Crippen molar-refractivity contribution in [2.75, 3.05) is 11.1 Å². The Morgan fingerprint density at radius 3 is 2.49 bits per heavy atom. The maximum Gasteiger partial charge on any atom is 0.416 e. The number of hydrogen-bond donors (Lipinski definition) is 1. The second kappa shape index (κ2) is 11.2. The number of rotatable bonds is 8. The Labute approximate surface area is 218 Å². The van der Waals surface area contributed by atoms with Crippen LogP contribution in [0.15, 0.2) is 78.0 Å². The summed E-state index contributed by atoms with van der Waals surface area (Å²) in [5.41, 5.74) is -0.410. The van der Waals surface area contributed by atoms with Crippen LogP contribution in [0, 0.1) is 5.82 Å². The first-order valence-corrected chi connectivity index (χ1v) is 12.2. The summed E-state index contributed by atoms with van der Waals surface area (Å²) >= 11 is 6.99. The normalized spacial score (nSPS) is 12.3. The SMILES string of the molecule is CC(Oc1ccccc1F)c1nnc(SCC(=O)Nc2cc(C(F)(F)F)ccc2Cl)n1-c1ccccc1. The number of para-hydroxylation sites is 2. The molecule has 0 fully saturated rings. The van der Waals surface area contributed by atoms with Gasteiger partial charge in [-0.05, 0) is 49.4 Å². The van der Waals surface area contributed by atoms with E-state index in [-0.39, 0.29) is 22.2 Å². The Hall–Kier alpha value is -3.57. The summed E-state index contributed by atoms with van der Waals surface area (Å²) in [4.78, 5) is 12.6. The van der Waals surface area contributed by atoms with Gasteiger partial charge in [0, 0.05) is 5.69 Å². The predicted octanol–water partition coefficient (Wildman–Crippen LogP) is 6.95. The zero-order chi connectivity index (χ0) is 26.6. The van der Waals surface area contributed by atoms with Crippen LogP contribution in [-0.2, 0) is 11.0 Å². The van der Waals surface area contributed by atoms with E-state index in [1.165, 1.54) is 12.1 Å². The number of ether oxygens (including phenoxy) is 1. The molecule has 1 heterocycles. The molecule has 12 heteroatoms. The lowest BCUT2D eigenvalue weighted by atomic mass is 10.2. The van der Waals surface area contributed by atoms with Gasteiger partial charge in [0.25, 0.3) is 0 Å². The molecule has 1 aromatic heterocycles. The quantitative estimate of drug-likeness (QED) is 0.190. The molecule has 0 radical (unpaired) electrons. The monoisotopic (exact) mass is 550 g/mol. The van der Waals surface area contributed by atoms with Gasteiger partial charge in [0.2, 0.25) is 5.91 Å². The van der Waals surface area contributed by atoms with E-state index < -0.39 is 29.6 Å². The standard InChI is InChI=1S/C25H19ClF4N4O2S/c1-15(36-21-10-6-5-9-19(21)27)23-32-33-24(34(23)17-7-3-2-4-8-17)37-14-22(35)31-20-13-16(25(28,29)30)11-12-18(20)26/h2-13,15H,14H2,1H3,(H,31,35). The van der Waals surface area contributed by atoms with Gasteiger partial charge in [0.05, 0.1) is 22.0 Å². The number of carbonyl (C=O) groups is 1. The fourth-order valence-electron chi connectivity index (χ4n) is 3.35. The van der Waals surface area contributed by atoms with Gasteiger partial charge in [0.15, 0.2) is 28.7 Å². The highest BCUT2D eigenvalue weighted by molar-refractivity contribution is 7.99. The molecule has 1 unspecified atom stereocenters. The first-order chi connectivity index (χ1) is 17.6. The number of nitrogens with one attached hydrogen (secondary N) is 1. The summed E-state index contributed by atoms with van der Waals surface area (Å²) in [7, 11) is 0. The molecule has 4 rings (SSSR count). The topological polar surface area (TPSA) is 69.0 Å². The van der Waals surface area contributed by atoms with E-state index >= 15 is 0 Å². The molecule has 1 amide bonds. The Bertz CT molecular complexity index is 1400. The summed E-state index contributed by atoms with van der Waals surface area (Å²) < 4.78 is 60.6. The van der Waals surface area contributed by atoms with Gasteiger partial charge in [-0.25, -0.2) is 4.39 Å². The minimum atomic E-state index is -4.58. The van der Waals surface area contributed by atoms with Crippen LogP contribution in [0.2, 0.25) is 5.02 Å². The molecule has 0 bridgehead atoms. The first kappa shape index (κ1) is 26.5. The van der Waals surface area contributed by atoms with E-state index in [9.17, 15) is 22.4 Å². The molecule has 3 aromatic carbocycles. The van der Waals surface area contributed by atoms with Crippen molar-refractivity contribution >= 4 is 35.0 Å². The lowest BCUT2D eigenvalue weighted by Gasteiger charge is -2.17. The zero-order valence-corrected chi connectivity index (χ0v) is 20.7. The van der Waals surface area contributed by atoms with Crippen LogP contribution in [0.3, 0.4) is 0 Å². The van der Waals surface area contributed by atoms with Crippen molar-refractivity contribution in [3.8, 4) is 11.4 Å².